The van der Waals surface area contributed by atoms with Crippen LogP contribution in [0.1, 0.15) is 74.3 Å². The quantitative estimate of drug-likeness (QED) is 0.664. The van der Waals surface area contributed by atoms with Crippen molar-refractivity contribution in [3.8, 4) is 0 Å². The molecule has 0 aliphatic heterocycles. The molecule has 1 heterocycles. The Hall–Kier alpha value is -1.90. The Labute approximate surface area is 132 Å². The van der Waals surface area contributed by atoms with Gasteiger partial charge in [0, 0.05) is 17.0 Å². The molecule has 118 valence electrons. The summed E-state index contributed by atoms with van der Waals surface area (Å²) in [6.07, 6.45) is 7.00. The third kappa shape index (κ3) is 3.85. The number of rotatable bonds is 8. The fourth-order valence-electron chi connectivity index (χ4n) is 2.96. The van der Waals surface area contributed by atoms with Crippen LogP contribution in [-0.4, -0.2) is 16.1 Å². The van der Waals surface area contributed by atoms with Gasteiger partial charge in [-0.15, -0.1) is 0 Å². The molecule has 1 atom stereocenters. The Balaban J connectivity index is 2.30. The lowest BCUT2D eigenvalue weighted by molar-refractivity contribution is 0.0699. The fraction of sp³-hybridized carbons (Fsp3) is 0.474. The molecule has 0 radical (unpaired) electrons. The van der Waals surface area contributed by atoms with Gasteiger partial charge in [0.15, 0.2) is 0 Å². The molecule has 0 bridgehead atoms. The van der Waals surface area contributed by atoms with Crippen molar-refractivity contribution >= 4 is 16.9 Å². The molecule has 0 spiro atoms. The molecular weight excluding hydrogens is 274 g/mol. The van der Waals surface area contributed by atoms with Crippen molar-refractivity contribution in [1.82, 2.24) is 4.98 Å². The summed E-state index contributed by atoms with van der Waals surface area (Å²) in [7, 11) is 0. The number of carboxylic acids is 1. The maximum Gasteiger partial charge on any atom is 0.336 e. The largest absolute Gasteiger partial charge is 0.478 e. The molecule has 0 saturated heterocycles. The predicted molar refractivity (Wildman–Crippen MR) is 90.5 cm³/mol. The molecule has 1 aromatic carbocycles. The van der Waals surface area contributed by atoms with Gasteiger partial charge < -0.3 is 5.11 Å². The summed E-state index contributed by atoms with van der Waals surface area (Å²) in [5.74, 6) is -0.528. The van der Waals surface area contributed by atoms with Crippen molar-refractivity contribution in [1.29, 1.82) is 0 Å². The number of carboxylic acid groups (broad SMARTS) is 1. The highest BCUT2D eigenvalue weighted by atomic mass is 16.4. The average molecular weight is 299 g/mol. The Bertz CT molecular complexity index is 636. The van der Waals surface area contributed by atoms with Crippen molar-refractivity contribution in [3.05, 3.63) is 41.6 Å². The summed E-state index contributed by atoms with van der Waals surface area (Å²) in [5, 5.41) is 10.2. The highest BCUT2D eigenvalue weighted by Gasteiger charge is 2.16. The second kappa shape index (κ2) is 7.92. The SMILES string of the molecule is CCCCCCC(CC)c1cc(C(=O)O)c2ccccc2n1. The maximum atomic E-state index is 11.5. The number of benzene rings is 1. The van der Waals surface area contributed by atoms with E-state index in [2.05, 4.69) is 13.8 Å². The molecule has 0 fully saturated rings. The second-order valence-electron chi connectivity index (χ2n) is 5.87. The summed E-state index contributed by atoms with van der Waals surface area (Å²) < 4.78 is 0. The van der Waals surface area contributed by atoms with Crippen LogP contribution in [0.5, 0.6) is 0 Å². The zero-order valence-electron chi connectivity index (χ0n) is 13.5. The molecular formula is C19H25NO2. The third-order valence-electron chi connectivity index (χ3n) is 4.28. The van der Waals surface area contributed by atoms with Gasteiger partial charge in [-0.2, -0.15) is 0 Å². The van der Waals surface area contributed by atoms with Crippen molar-refractivity contribution in [3.63, 3.8) is 0 Å². The Morgan fingerprint density at radius 2 is 1.95 bits per heavy atom. The van der Waals surface area contributed by atoms with E-state index in [1.54, 1.807) is 6.07 Å². The maximum absolute atomic E-state index is 11.5. The van der Waals surface area contributed by atoms with Gasteiger partial charge in [-0.25, -0.2) is 4.79 Å². The summed E-state index contributed by atoms with van der Waals surface area (Å²) in [5.41, 5.74) is 2.08. The van der Waals surface area contributed by atoms with Gasteiger partial charge in [0.2, 0.25) is 0 Å². The number of aromatic nitrogens is 1. The van der Waals surface area contributed by atoms with E-state index >= 15 is 0 Å². The average Bonchev–Trinajstić information content (AvgIpc) is 2.54. The number of nitrogens with zero attached hydrogens (tertiary/aromatic N) is 1. The summed E-state index contributed by atoms with van der Waals surface area (Å²) in [4.78, 5) is 16.3. The first-order valence-corrected chi connectivity index (χ1v) is 8.30. The lowest BCUT2D eigenvalue weighted by Gasteiger charge is -2.16. The van der Waals surface area contributed by atoms with Crippen molar-refractivity contribution in [2.75, 3.05) is 0 Å². The minimum absolute atomic E-state index is 0.347. The monoisotopic (exact) mass is 299 g/mol. The minimum atomic E-state index is -0.874. The van der Waals surface area contributed by atoms with Gasteiger partial charge in [0.05, 0.1) is 11.1 Å². The number of carbonyl (C=O) groups is 1. The first kappa shape index (κ1) is 16.5. The molecule has 3 nitrogen and oxygen atoms in total. The molecule has 2 aromatic rings. The number of fused-ring (bicyclic) bond motifs is 1. The van der Waals surface area contributed by atoms with Gasteiger partial charge in [-0.3, -0.25) is 4.98 Å². The summed E-state index contributed by atoms with van der Waals surface area (Å²) in [6.45, 7) is 4.36. The highest BCUT2D eigenvalue weighted by molar-refractivity contribution is 6.02. The van der Waals surface area contributed by atoms with Crippen LogP contribution in [0.25, 0.3) is 10.9 Å². The van der Waals surface area contributed by atoms with Crippen LogP contribution in [-0.2, 0) is 0 Å². The van der Waals surface area contributed by atoms with Gasteiger partial charge in [0.25, 0.3) is 0 Å². The zero-order valence-corrected chi connectivity index (χ0v) is 13.5. The van der Waals surface area contributed by atoms with Crippen LogP contribution >= 0.6 is 0 Å². The van der Waals surface area contributed by atoms with Crippen molar-refractivity contribution < 1.29 is 9.90 Å². The van der Waals surface area contributed by atoms with E-state index in [1.165, 1.54) is 25.7 Å². The number of pyridine rings is 1. The van der Waals surface area contributed by atoms with Crippen LogP contribution in [0, 0.1) is 0 Å². The molecule has 2 rings (SSSR count). The minimum Gasteiger partial charge on any atom is -0.478 e. The smallest absolute Gasteiger partial charge is 0.336 e. The van der Waals surface area contributed by atoms with E-state index < -0.39 is 5.97 Å². The van der Waals surface area contributed by atoms with Crippen molar-refractivity contribution in [2.45, 2.75) is 58.3 Å². The number of unbranched alkanes of at least 4 members (excludes halogenated alkanes) is 3. The van der Waals surface area contributed by atoms with E-state index in [9.17, 15) is 9.90 Å². The van der Waals surface area contributed by atoms with Gasteiger partial charge in [0.1, 0.15) is 0 Å². The first-order chi connectivity index (χ1) is 10.7. The van der Waals surface area contributed by atoms with Crippen LogP contribution in [0.2, 0.25) is 0 Å². The molecule has 3 heteroatoms. The van der Waals surface area contributed by atoms with E-state index in [1.807, 2.05) is 24.3 Å². The Morgan fingerprint density at radius 1 is 1.18 bits per heavy atom. The van der Waals surface area contributed by atoms with E-state index in [4.69, 9.17) is 4.98 Å². The molecule has 0 aliphatic rings. The topological polar surface area (TPSA) is 50.2 Å². The van der Waals surface area contributed by atoms with Gasteiger partial charge >= 0.3 is 5.97 Å². The van der Waals surface area contributed by atoms with Crippen LogP contribution in [0.3, 0.4) is 0 Å². The lowest BCUT2D eigenvalue weighted by Crippen LogP contribution is -2.06. The zero-order chi connectivity index (χ0) is 15.9. The molecule has 0 aliphatic carbocycles. The Kier molecular flexibility index (Phi) is 5.93. The fourth-order valence-corrected chi connectivity index (χ4v) is 2.96. The van der Waals surface area contributed by atoms with E-state index in [-0.39, 0.29) is 0 Å². The van der Waals surface area contributed by atoms with E-state index in [0.717, 1.165) is 29.4 Å². The third-order valence-corrected chi connectivity index (χ3v) is 4.28. The molecule has 22 heavy (non-hydrogen) atoms. The lowest BCUT2D eigenvalue weighted by atomic mass is 9.92. The van der Waals surface area contributed by atoms with Crippen molar-refractivity contribution in [2.24, 2.45) is 0 Å². The molecule has 1 N–H and O–H groups in total. The van der Waals surface area contributed by atoms with Crippen LogP contribution < -0.4 is 0 Å². The van der Waals surface area contributed by atoms with Gasteiger partial charge in [-0.1, -0.05) is 57.7 Å². The summed E-state index contributed by atoms with van der Waals surface area (Å²) in [6, 6.07) is 9.27. The van der Waals surface area contributed by atoms with E-state index in [0.29, 0.717) is 11.5 Å². The van der Waals surface area contributed by atoms with Crippen LogP contribution in [0.4, 0.5) is 0 Å². The number of hydrogen-bond acceptors (Lipinski definition) is 2. The van der Waals surface area contributed by atoms with Gasteiger partial charge in [-0.05, 0) is 25.0 Å². The summed E-state index contributed by atoms with van der Waals surface area (Å²) >= 11 is 0. The normalized spacial score (nSPS) is 12.5. The molecule has 0 saturated carbocycles. The van der Waals surface area contributed by atoms with Crippen LogP contribution in [0.15, 0.2) is 30.3 Å². The highest BCUT2D eigenvalue weighted by Crippen LogP contribution is 2.28. The predicted octanol–water partition coefficient (Wildman–Crippen LogP) is 5.40. The Morgan fingerprint density at radius 3 is 2.64 bits per heavy atom. The molecule has 1 aromatic heterocycles. The number of aromatic carboxylic acids is 1. The number of para-hydroxylation sites is 1. The molecule has 0 amide bonds. The standard InChI is InChI=1S/C19H25NO2/c1-3-5-6-7-10-14(4-2)18-13-16(19(21)22)15-11-8-9-12-17(15)20-18/h8-9,11-14H,3-7,10H2,1-2H3,(H,21,22). The first-order valence-electron chi connectivity index (χ1n) is 8.30. The second-order valence-corrected chi connectivity index (χ2v) is 5.87. The number of hydrogen-bond donors (Lipinski definition) is 1. The molecule has 1 unspecified atom stereocenters.